The lowest BCUT2D eigenvalue weighted by Gasteiger charge is -2.30. The average Bonchev–Trinajstić information content (AvgIpc) is 2.71. The van der Waals surface area contributed by atoms with Crippen molar-refractivity contribution in [3.63, 3.8) is 0 Å². The van der Waals surface area contributed by atoms with Crippen LogP contribution in [-0.4, -0.2) is 35.4 Å². The summed E-state index contributed by atoms with van der Waals surface area (Å²) in [4.78, 5) is 15.1. The van der Waals surface area contributed by atoms with E-state index in [0.717, 1.165) is 32.5 Å². The molecule has 0 amide bonds. The van der Waals surface area contributed by atoms with Crippen molar-refractivity contribution in [2.45, 2.75) is 19.8 Å². The van der Waals surface area contributed by atoms with Gasteiger partial charge in [0.1, 0.15) is 5.82 Å². The van der Waals surface area contributed by atoms with Gasteiger partial charge in [-0.2, -0.15) is 0 Å². The van der Waals surface area contributed by atoms with Crippen LogP contribution in [0.4, 0.5) is 24.5 Å². The van der Waals surface area contributed by atoms with Crippen LogP contribution in [0.15, 0.2) is 36.4 Å². The zero-order valence-electron chi connectivity index (χ0n) is 16.0. The van der Waals surface area contributed by atoms with Gasteiger partial charge in [-0.1, -0.05) is 19.1 Å². The molecule has 0 aromatic heterocycles. The number of anilines is 2. The minimum absolute atomic E-state index is 0.00392. The van der Waals surface area contributed by atoms with Crippen LogP contribution in [0.5, 0.6) is 0 Å². The largest absolute Gasteiger partial charge is 0.332 e. The van der Waals surface area contributed by atoms with Crippen molar-refractivity contribution in [1.82, 2.24) is 4.90 Å². The molecule has 29 heavy (non-hydrogen) atoms. The lowest BCUT2D eigenvalue weighted by Crippen LogP contribution is -2.36. The summed E-state index contributed by atoms with van der Waals surface area (Å²) in [5.41, 5.74) is 0.838. The number of carbonyl (C=O) groups excluding carboxylic acids is 1. The van der Waals surface area contributed by atoms with Crippen molar-refractivity contribution in [3.05, 3.63) is 59.4 Å². The van der Waals surface area contributed by atoms with E-state index in [4.69, 9.17) is 12.2 Å². The summed E-state index contributed by atoms with van der Waals surface area (Å²) in [6.45, 7) is 4.93. The molecule has 154 valence electrons. The van der Waals surface area contributed by atoms with E-state index in [1.807, 2.05) is 0 Å². The van der Waals surface area contributed by atoms with Gasteiger partial charge in [-0.15, -0.1) is 0 Å². The summed E-state index contributed by atoms with van der Waals surface area (Å²) < 4.78 is 40.1. The molecule has 1 fully saturated rings. The van der Waals surface area contributed by atoms with Gasteiger partial charge in [0, 0.05) is 29.3 Å². The highest BCUT2D eigenvalue weighted by molar-refractivity contribution is 7.80. The van der Waals surface area contributed by atoms with Crippen LogP contribution in [0, 0.1) is 23.4 Å². The third-order valence-electron chi connectivity index (χ3n) is 5.07. The summed E-state index contributed by atoms with van der Waals surface area (Å²) in [7, 11) is 0. The van der Waals surface area contributed by atoms with Crippen molar-refractivity contribution < 1.29 is 18.0 Å². The van der Waals surface area contributed by atoms with Gasteiger partial charge in [-0.3, -0.25) is 4.79 Å². The molecule has 1 aliphatic rings. The molecule has 2 aromatic carbocycles. The highest BCUT2D eigenvalue weighted by atomic mass is 32.1. The zero-order valence-corrected chi connectivity index (χ0v) is 16.8. The first kappa shape index (κ1) is 21.3. The summed E-state index contributed by atoms with van der Waals surface area (Å²) in [5, 5.41) is 5.34. The summed E-state index contributed by atoms with van der Waals surface area (Å²) >= 11 is 5.12. The standard InChI is InChI=1S/C21H22F3N3OS/c1-2-27-8-6-13(7-9-27)20(28)14-4-3-5-15(10-14)25-21(29)26-19-12-17(23)16(22)11-18(19)24/h3-5,10-13H,2,6-9H2,1H3,(H2,25,26,29). The Balaban J connectivity index is 1.64. The van der Waals surface area contributed by atoms with Crippen molar-refractivity contribution in [2.24, 2.45) is 5.92 Å². The number of halogens is 3. The van der Waals surface area contributed by atoms with Crippen LogP contribution in [0.2, 0.25) is 0 Å². The Morgan fingerprint density at radius 1 is 1.07 bits per heavy atom. The second-order valence-electron chi connectivity index (χ2n) is 6.98. The number of Topliss-reactive ketones (excluding diaryl/α,β-unsaturated/α-hetero) is 1. The molecule has 2 aromatic rings. The number of hydrogen-bond acceptors (Lipinski definition) is 3. The van der Waals surface area contributed by atoms with Crippen molar-refractivity contribution >= 4 is 34.5 Å². The Labute approximate surface area is 173 Å². The molecule has 3 rings (SSSR count). The molecule has 0 bridgehead atoms. The molecule has 8 heteroatoms. The van der Waals surface area contributed by atoms with Gasteiger partial charge in [-0.25, -0.2) is 13.2 Å². The quantitative estimate of drug-likeness (QED) is 0.411. The fourth-order valence-electron chi connectivity index (χ4n) is 3.40. The van der Waals surface area contributed by atoms with Crippen LogP contribution in [-0.2, 0) is 0 Å². The highest BCUT2D eigenvalue weighted by Gasteiger charge is 2.25. The minimum atomic E-state index is -1.28. The average molecular weight is 421 g/mol. The Bertz CT molecular complexity index is 914. The number of likely N-dealkylation sites (tertiary alicyclic amines) is 1. The van der Waals surface area contributed by atoms with E-state index < -0.39 is 17.5 Å². The molecule has 0 atom stereocenters. The van der Waals surface area contributed by atoms with Gasteiger partial charge in [0.2, 0.25) is 0 Å². The molecule has 0 radical (unpaired) electrons. The second kappa shape index (κ2) is 9.37. The lowest BCUT2D eigenvalue weighted by molar-refractivity contribution is 0.0844. The van der Waals surface area contributed by atoms with Crippen molar-refractivity contribution in [3.8, 4) is 0 Å². The van der Waals surface area contributed by atoms with Gasteiger partial charge in [0.05, 0.1) is 5.69 Å². The van der Waals surface area contributed by atoms with E-state index in [-0.39, 0.29) is 22.5 Å². The van der Waals surface area contributed by atoms with Gasteiger partial charge < -0.3 is 15.5 Å². The molecule has 1 aliphatic heterocycles. The Kier molecular flexibility index (Phi) is 6.87. The maximum atomic E-state index is 13.8. The number of rotatable bonds is 5. The fraction of sp³-hybridized carbons (Fsp3) is 0.333. The smallest absolute Gasteiger partial charge is 0.175 e. The number of piperidine rings is 1. The number of ketones is 1. The Morgan fingerprint density at radius 2 is 1.76 bits per heavy atom. The van der Waals surface area contributed by atoms with Crippen LogP contribution in [0.3, 0.4) is 0 Å². The minimum Gasteiger partial charge on any atom is -0.332 e. The maximum absolute atomic E-state index is 13.8. The normalized spacial score (nSPS) is 15.2. The number of carbonyl (C=O) groups is 1. The van der Waals surface area contributed by atoms with E-state index in [2.05, 4.69) is 22.5 Å². The van der Waals surface area contributed by atoms with E-state index in [9.17, 15) is 18.0 Å². The molecule has 0 spiro atoms. The Hall–Kier alpha value is -2.45. The second-order valence-corrected chi connectivity index (χ2v) is 7.39. The number of nitrogens with one attached hydrogen (secondary N) is 2. The van der Waals surface area contributed by atoms with Crippen LogP contribution < -0.4 is 10.6 Å². The molecule has 2 N–H and O–H groups in total. The predicted octanol–water partition coefficient (Wildman–Crippen LogP) is 4.83. The number of nitrogens with zero attached hydrogens (tertiary/aromatic N) is 1. The van der Waals surface area contributed by atoms with Gasteiger partial charge in [0.15, 0.2) is 22.5 Å². The number of benzene rings is 2. The fourth-order valence-corrected chi connectivity index (χ4v) is 3.63. The van der Waals surface area contributed by atoms with Crippen LogP contribution in [0.1, 0.15) is 30.1 Å². The van der Waals surface area contributed by atoms with Gasteiger partial charge in [0.25, 0.3) is 0 Å². The summed E-state index contributed by atoms with van der Waals surface area (Å²) in [6, 6.07) is 8.03. The summed E-state index contributed by atoms with van der Waals surface area (Å²) in [6.07, 6.45) is 1.67. The van der Waals surface area contributed by atoms with E-state index in [0.29, 0.717) is 23.4 Å². The summed E-state index contributed by atoms with van der Waals surface area (Å²) in [5.74, 6) is -3.33. The molecular weight excluding hydrogens is 399 g/mol. The topological polar surface area (TPSA) is 44.4 Å². The number of thiocarbonyl (C=S) groups is 1. The van der Waals surface area contributed by atoms with E-state index in [1.165, 1.54) is 0 Å². The van der Waals surface area contributed by atoms with Crippen molar-refractivity contribution in [1.29, 1.82) is 0 Å². The van der Waals surface area contributed by atoms with Crippen molar-refractivity contribution in [2.75, 3.05) is 30.3 Å². The molecule has 0 unspecified atom stereocenters. The molecule has 4 nitrogen and oxygen atoms in total. The highest BCUT2D eigenvalue weighted by Crippen LogP contribution is 2.23. The van der Waals surface area contributed by atoms with E-state index >= 15 is 0 Å². The molecular formula is C21H22F3N3OS. The molecule has 0 aliphatic carbocycles. The van der Waals surface area contributed by atoms with E-state index in [1.54, 1.807) is 24.3 Å². The Morgan fingerprint density at radius 3 is 2.45 bits per heavy atom. The molecule has 1 saturated heterocycles. The first-order chi connectivity index (χ1) is 13.9. The van der Waals surface area contributed by atoms with Crippen LogP contribution >= 0.6 is 12.2 Å². The lowest BCUT2D eigenvalue weighted by atomic mass is 9.89. The third kappa shape index (κ3) is 5.33. The van der Waals surface area contributed by atoms with Gasteiger partial charge in [-0.05, 0) is 56.8 Å². The molecule has 1 heterocycles. The first-order valence-corrected chi connectivity index (χ1v) is 9.87. The predicted molar refractivity (Wildman–Crippen MR) is 112 cm³/mol. The maximum Gasteiger partial charge on any atom is 0.175 e. The van der Waals surface area contributed by atoms with Crippen LogP contribution in [0.25, 0.3) is 0 Å². The zero-order chi connectivity index (χ0) is 21.0. The first-order valence-electron chi connectivity index (χ1n) is 9.46. The monoisotopic (exact) mass is 421 g/mol. The third-order valence-corrected chi connectivity index (χ3v) is 5.27. The number of hydrogen-bond donors (Lipinski definition) is 2. The van der Waals surface area contributed by atoms with Gasteiger partial charge >= 0.3 is 0 Å². The molecule has 0 saturated carbocycles. The SMILES string of the molecule is CCN1CCC(C(=O)c2cccc(NC(=S)Nc3cc(F)c(F)cc3F)c2)CC1.